The molecule has 1 aliphatic heterocycles. The van der Waals surface area contributed by atoms with Gasteiger partial charge in [0.2, 0.25) is 0 Å². The van der Waals surface area contributed by atoms with Crippen LogP contribution >= 0.6 is 0 Å². The van der Waals surface area contributed by atoms with Gasteiger partial charge in [0.05, 0.1) is 37.2 Å². The minimum absolute atomic E-state index is 0.0972. The molecule has 6 nitrogen and oxygen atoms in total. The van der Waals surface area contributed by atoms with Gasteiger partial charge < -0.3 is 9.47 Å². The molecule has 1 aromatic heterocycles. The predicted molar refractivity (Wildman–Crippen MR) is 118 cm³/mol. The second kappa shape index (κ2) is 11.3. The van der Waals surface area contributed by atoms with Gasteiger partial charge in [-0.1, -0.05) is 13.8 Å². The highest BCUT2D eigenvalue weighted by Gasteiger charge is 2.29. The average Bonchev–Trinajstić information content (AvgIpc) is 2.83. The Labute approximate surface area is 188 Å². The second-order valence-corrected chi connectivity index (χ2v) is 8.17. The lowest BCUT2D eigenvalue weighted by Gasteiger charge is -2.36. The number of rotatable bonds is 9. The van der Waals surface area contributed by atoms with Gasteiger partial charge in [0, 0.05) is 19.0 Å². The first-order valence-electron chi connectivity index (χ1n) is 11.2. The number of carbonyl (C=O) groups excluding carboxylic acids is 1. The first kappa shape index (κ1) is 24.0. The Kier molecular flexibility index (Phi) is 8.50. The van der Waals surface area contributed by atoms with E-state index < -0.39 is 18.1 Å². The summed E-state index contributed by atoms with van der Waals surface area (Å²) in [5.74, 6) is -0.0577. The molecular weight excluding hydrogens is 416 g/mol. The number of halogens is 2. The monoisotopic (exact) mass is 447 g/mol. The summed E-state index contributed by atoms with van der Waals surface area (Å²) in [5.41, 5.74) is 0.313. The van der Waals surface area contributed by atoms with Crippen molar-refractivity contribution in [3.8, 4) is 17.1 Å². The van der Waals surface area contributed by atoms with E-state index in [1.54, 1.807) is 0 Å². The number of hydrogen-bond donors (Lipinski definition) is 0. The lowest BCUT2D eigenvalue weighted by Crippen LogP contribution is -2.43. The fourth-order valence-electron chi connectivity index (χ4n) is 4.03. The highest BCUT2D eigenvalue weighted by Crippen LogP contribution is 2.27. The Bertz CT molecular complexity index is 883. The third-order valence-corrected chi connectivity index (χ3v) is 6.18. The number of esters is 1. The van der Waals surface area contributed by atoms with Crippen LogP contribution in [-0.2, 0) is 4.74 Å². The number of likely N-dealkylation sites (tertiary alicyclic amines) is 1. The van der Waals surface area contributed by atoms with Crippen molar-refractivity contribution < 1.29 is 23.0 Å². The molecule has 0 radical (unpaired) electrons. The molecule has 1 saturated heterocycles. The van der Waals surface area contributed by atoms with Gasteiger partial charge in [-0.25, -0.2) is 23.5 Å². The van der Waals surface area contributed by atoms with Gasteiger partial charge in [-0.2, -0.15) is 0 Å². The van der Waals surface area contributed by atoms with Crippen molar-refractivity contribution in [3.63, 3.8) is 0 Å². The van der Waals surface area contributed by atoms with E-state index in [4.69, 9.17) is 4.74 Å². The van der Waals surface area contributed by atoms with Gasteiger partial charge in [-0.3, -0.25) is 4.90 Å². The zero-order valence-corrected chi connectivity index (χ0v) is 18.9. The van der Waals surface area contributed by atoms with E-state index in [9.17, 15) is 13.6 Å². The number of benzene rings is 1. The first-order chi connectivity index (χ1) is 15.5. The molecular formula is C24H31F2N3O3. The lowest BCUT2D eigenvalue weighted by molar-refractivity contribution is -0.000814. The summed E-state index contributed by atoms with van der Waals surface area (Å²) >= 11 is 0. The zero-order chi connectivity index (χ0) is 23.1. The smallest absolute Gasteiger partial charge is 0.337 e. The number of alkyl halides is 1. The molecule has 3 rings (SSSR count). The normalized spacial score (nSPS) is 16.2. The largest absolute Gasteiger partial charge is 0.490 e. The Morgan fingerprint density at radius 3 is 2.41 bits per heavy atom. The summed E-state index contributed by atoms with van der Waals surface area (Å²) in [7, 11) is 1.24. The Hall–Kier alpha value is -2.61. The maximum absolute atomic E-state index is 14.6. The van der Waals surface area contributed by atoms with Crippen LogP contribution in [0.25, 0.3) is 11.4 Å². The fourth-order valence-corrected chi connectivity index (χ4v) is 4.03. The fraction of sp³-hybridized carbons (Fsp3) is 0.542. The molecule has 0 spiro atoms. The van der Waals surface area contributed by atoms with Crippen molar-refractivity contribution >= 4 is 5.97 Å². The first-order valence-corrected chi connectivity index (χ1v) is 11.2. The molecule has 1 fully saturated rings. The van der Waals surface area contributed by atoms with E-state index >= 15 is 0 Å². The molecule has 32 heavy (non-hydrogen) atoms. The van der Waals surface area contributed by atoms with Crippen LogP contribution in [-0.4, -0.2) is 53.9 Å². The number of methoxy groups -OCH3 is 1. The number of ether oxygens (including phenoxy) is 2. The highest BCUT2D eigenvalue weighted by molar-refractivity contribution is 5.89. The van der Waals surface area contributed by atoms with E-state index in [-0.39, 0.29) is 22.9 Å². The number of carbonyl (C=O) groups is 1. The Morgan fingerprint density at radius 2 is 1.84 bits per heavy atom. The third-order valence-electron chi connectivity index (χ3n) is 6.18. The topological polar surface area (TPSA) is 64.5 Å². The molecule has 1 aliphatic rings. The summed E-state index contributed by atoms with van der Waals surface area (Å²) in [5, 5.41) is 0. The maximum atomic E-state index is 14.6. The molecule has 0 N–H and O–H groups in total. The minimum atomic E-state index is -0.866. The molecule has 1 unspecified atom stereocenters. The number of aromatic nitrogens is 2. The lowest BCUT2D eigenvalue weighted by atomic mass is 9.95. The van der Waals surface area contributed by atoms with Gasteiger partial charge in [0.1, 0.15) is 5.82 Å². The SMILES string of the molecule is CCC(CC)C(F)N1CCC(COc2cnc(-c3ccc(C(=O)OC)cc3F)nc2)CC1. The van der Waals surface area contributed by atoms with Gasteiger partial charge in [-0.05, 0) is 49.8 Å². The molecule has 2 aromatic rings. The van der Waals surface area contributed by atoms with E-state index in [1.165, 1.54) is 31.6 Å². The van der Waals surface area contributed by atoms with Crippen molar-refractivity contribution in [1.82, 2.24) is 14.9 Å². The van der Waals surface area contributed by atoms with Crippen LogP contribution in [0.15, 0.2) is 30.6 Å². The molecule has 0 aliphatic carbocycles. The number of nitrogens with zero attached hydrogens (tertiary/aromatic N) is 3. The van der Waals surface area contributed by atoms with Crippen LogP contribution in [0.4, 0.5) is 8.78 Å². The van der Waals surface area contributed by atoms with Gasteiger partial charge in [0.25, 0.3) is 0 Å². The van der Waals surface area contributed by atoms with E-state index in [0.29, 0.717) is 18.3 Å². The van der Waals surface area contributed by atoms with E-state index in [2.05, 4.69) is 14.7 Å². The van der Waals surface area contributed by atoms with Crippen LogP contribution in [0, 0.1) is 17.7 Å². The van der Waals surface area contributed by atoms with Crippen molar-refractivity contribution in [3.05, 3.63) is 42.0 Å². The summed E-state index contributed by atoms with van der Waals surface area (Å²) < 4.78 is 39.4. The summed E-state index contributed by atoms with van der Waals surface area (Å²) in [6.45, 7) is 6.07. The minimum Gasteiger partial charge on any atom is -0.490 e. The molecule has 0 saturated carbocycles. The van der Waals surface area contributed by atoms with Gasteiger partial charge in [-0.15, -0.1) is 0 Å². The average molecular weight is 448 g/mol. The highest BCUT2D eigenvalue weighted by atomic mass is 19.1. The Balaban J connectivity index is 1.51. The second-order valence-electron chi connectivity index (χ2n) is 8.17. The van der Waals surface area contributed by atoms with Crippen molar-refractivity contribution in [2.45, 2.75) is 45.8 Å². The molecule has 0 bridgehead atoms. The van der Waals surface area contributed by atoms with Crippen molar-refractivity contribution in [2.75, 3.05) is 26.8 Å². The summed E-state index contributed by atoms with van der Waals surface area (Å²) in [6, 6.07) is 4.02. The summed E-state index contributed by atoms with van der Waals surface area (Å²) in [4.78, 5) is 21.8. The zero-order valence-electron chi connectivity index (χ0n) is 18.9. The van der Waals surface area contributed by atoms with Gasteiger partial charge in [0.15, 0.2) is 17.9 Å². The van der Waals surface area contributed by atoms with Crippen LogP contribution < -0.4 is 4.74 Å². The van der Waals surface area contributed by atoms with E-state index in [1.807, 2.05) is 18.7 Å². The maximum Gasteiger partial charge on any atom is 0.337 e. The van der Waals surface area contributed by atoms with Gasteiger partial charge >= 0.3 is 5.97 Å². The molecule has 0 amide bonds. The molecule has 174 valence electrons. The van der Waals surface area contributed by atoms with Crippen LogP contribution in [0.2, 0.25) is 0 Å². The molecule has 1 atom stereocenters. The van der Waals surface area contributed by atoms with Crippen molar-refractivity contribution in [1.29, 1.82) is 0 Å². The van der Waals surface area contributed by atoms with Crippen LogP contribution in [0.1, 0.15) is 49.9 Å². The van der Waals surface area contributed by atoms with Crippen LogP contribution in [0.3, 0.4) is 0 Å². The Morgan fingerprint density at radius 1 is 1.19 bits per heavy atom. The quantitative estimate of drug-likeness (QED) is 0.403. The molecule has 1 aromatic carbocycles. The number of piperidine rings is 1. The standard InChI is InChI=1S/C24H31F2N3O3/c1-4-17(5-2)22(26)29-10-8-16(9-11-29)15-32-19-13-27-23(28-14-19)20-7-6-18(12-21(20)25)24(30)31-3/h6-7,12-14,16-17,22H,4-5,8-11,15H2,1-3H3. The number of hydrogen-bond acceptors (Lipinski definition) is 6. The third kappa shape index (κ3) is 5.79. The van der Waals surface area contributed by atoms with E-state index in [0.717, 1.165) is 44.8 Å². The predicted octanol–water partition coefficient (Wildman–Crippen LogP) is 4.89. The summed E-state index contributed by atoms with van der Waals surface area (Å²) in [6.07, 6.45) is 5.64. The molecule has 8 heteroatoms. The molecule has 2 heterocycles. The van der Waals surface area contributed by atoms with Crippen LogP contribution in [0.5, 0.6) is 5.75 Å². The van der Waals surface area contributed by atoms with Crippen molar-refractivity contribution in [2.24, 2.45) is 11.8 Å².